The van der Waals surface area contributed by atoms with Gasteiger partial charge in [-0.1, -0.05) is 0 Å². The monoisotopic (exact) mass is 478 g/mol. The topological polar surface area (TPSA) is 76.3 Å². The van der Waals surface area contributed by atoms with E-state index >= 15 is 0 Å². The van der Waals surface area contributed by atoms with Gasteiger partial charge in [0.25, 0.3) is 0 Å². The van der Waals surface area contributed by atoms with Crippen LogP contribution in [-0.2, 0) is 9.59 Å². The van der Waals surface area contributed by atoms with Gasteiger partial charge < -0.3 is 5.32 Å². The number of alkyl halides is 2. The summed E-state index contributed by atoms with van der Waals surface area (Å²) in [5, 5.41) is 2.56. The third kappa shape index (κ3) is 8.12. The minimum atomic E-state index is -2.72. The number of hydrogen-bond acceptors (Lipinski definition) is 3. The van der Waals surface area contributed by atoms with Gasteiger partial charge >= 0.3 is 6.55 Å². The molecular formula is C15H14Br2F2N4O2. The maximum Gasteiger partial charge on any atom is 0.320 e. The summed E-state index contributed by atoms with van der Waals surface area (Å²) < 4.78 is 26.9. The summed E-state index contributed by atoms with van der Waals surface area (Å²) in [5.74, 6) is -0.0535. The normalized spacial score (nSPS) is 10.9. The highest BCUT2D eigenvalue weighted by Crippen LogP contribution is 2.11. The fraction of sp³-hybridized carbons (Fsp3) is 0.200. The zero-order valence-corrected chi connectivity index (χ0v) is 16.4. The van der Waals surface area contributed by atoms with E-state index in [9.17, 15) is 18.4 Å². The molecule has 1 N–H and O–H groups in total. The third-order valence-corrected chi connectivity index (χ3v) is 3.37. The fourth-order valence-electron chi connectivity index (χ4n) is 1.53. The van der Waals surface area contributed by atoms with Crippen LogP contribution in [0.15, 0.2) is 50.6 Å². The molecule has 0 radical (unpaired) electrons. The lowest BCUT2D eigenvalue weighted by Gasteiger charge is -2.05. The maximum absolute atomic E-state index is 12.4. The van der Waals surface area contributed by atoms with Crippen LogP contribution in [0.2, 0.25) is 0 Å². The minimum Gasteiger partial charge on any atom is -0.311 e. The van der Waals surface area contributed by atoms with E-state index in [4.69, 9.17) is 0 Å². The molecule has 2 aromatic heterocycles. The molecule has 0 aliphatic carbocycles. The molecule has 0 fully saturated rings. The molecule has 25 heavy (non-hydrogen) atoms. The molecule has 0 atom stereocenters. The number of nitrogens with one attached hydrogen (secondary N) is 1. The molecule has 0 spiro atoms. The predicted octanol–water partition coefficient (Wildman–Crippen LogP) is 3.90. The Balaban J connectivity index is 0.000000257. The quantitative estimate of drug-likeness (QED) is 0.709. The lowest BCUT2D eigenvalue weighted by Crippen LogP contribution is -2.21. The van der Waals surface area contributed by atoms with Crippen molar-refractivity contribution in [3.63, 3.8) is 0 Å². The Bertz CT molecular complexity index is 808. The van der Waals surface area contributed by atoms with Crippen LogP contribution in [0.25, 0.3) is 0 Å². The number of rotatable bonds is 2. The van der Waals surface area contributed by atoms with Gasteiger partial charge in [0.05, 0.1) is 0 Å². The Kier molecular flexibility index (Phi) is 8.56. The van der Waals surface area contributed by atoms with Crippen LogP contribution in [0.5, 0.6) is 0 Å². The van der Waals surface area contributed by atoms with Crippen LogP contribution >= 0.6 is 31.9 Å². The zero-order chi connectivity index (χ0) is 19.0. The molecular weight excluding hydrogens is 466 g/mol. The highest BCUT2D eigenvalue weighted by molar-refractivity contribution is 9.10. The molecule has 2 heterocycles. The number of halogens is 4. The van der Waals surface area contributed by atoms with Gasteiger partial charge in [-0.15, -0.1) is 0 Å². The first-order valence-corrected chi connectivity index (χ1v) is 8.38. The van der Waals surface area contributed by atoms with Crippen LogP contribution in [0.3, 0.4) is 0 Å². The van der Waals surface area contributed by atoms with Crippen LogP contribution in [0, 0.1) is 0 Å². The number of anilines is 1. The van der Waals surface area contributed by atoms with Gasteiger partial charge in [-0.2, -0.15) is 13.8 Å². The SMILES string of the molecule is CC(=O)N=c1ccc(Br)cn1C(F)F.CC(=O)Nc1ccc(Br)cn1. The van der Waals surface area contributed by atoms with Crippen molar-refractivity contribution >= 4 is 49.5 Å². The smallest absolute Gasteiger partial charge is 0.311 e. The number of pyridine rings is 2. The molecule has 0 saturated heterocycles. The summed E-state index contributed by atoms with van der Waals surface area (Å²) in [6.45, 7) is -0.0627. The molecule has 10 heteroatoms. The maximum atomic E-state index is 12.4. The van der Waals surface area contributed by atoms with Gasteiger partial charge in [0.1, 0.15) is 11.3 Å². The largest absolute Gasteiger partial charge is 0.320 e. The Morgan fingerprint density at radius 1 is 1.16 bits per heavy atom. The van der Waals surface area contributed by atoms with Gasteiger partial charge in [0.15, 0.2) is 0 Å². The van der Waals surface area contributed by atoms with Gasteiger partial charge in [-0.3, -0.25) is 14.2 Å². The Morgan fingerprint density at radius 3 is 2.28 bits per heavy atom. The average molecular weight is 480 g/mol. The number of hydrogen-bond donors (Lipinski definition) is 1. The Hall–Kier alpha value is -1.94. The summed E-state index contributed by atoms with van der Waals surface area (Å²) in [7, 11) is 0. The fourth-order valence-corrected chi connectivity index (χ4v) is 2.11. The number of nitrogens with zero attached hydrogens (tertiary/aromatic N) is 3. The van der Waals surface area contributed by atoms with E-state index in [0.29, 0.717) is 14.9 Å². The van der Waals surface area contributed by atoms with Crippen molar-refractivity contribution < 1.29 is 18.4 Å². The average Bonchev–Trinajstić information content (AvgIpc) is 2.51. The Morgan fingerprint density at radius 2 is 1.80 bits per heavy atom. The standard InChI is InChI=1S/C8H7BrF2N2O.C7H7BrN2O/c1-5(14)12-7-3-2-6(9)4-13(7)8(10)11;1-5(11)10-7-3-2-6(8)4-9-7/h2-4,8H,1H3;2-4H,1H3,(H,9,10,11). The van der Waals surface area contributed by atoms with Crippen LogP contribution < -0.4 is 10.8 Å². The summed E-state index contributed by atoms with van der Waals surface area (Å²) in [4.78, 5) is 28.6. The van der Waals surface area contributed by atoms with Crippen molar-refractivity contribution in [2.75, 3.05) is 5.32 Å². The van der Waals surface area contributed by atoms with E-state index in [1.54, 1.807) is 18.3 Å². The molecule has 6 nitrogen and oxygen atoms in total. The molecule has 2 rings (SSSR count). The van der Waals surface area contributed by atoms with E-state index in [2.05, 4.69) is 47.2 Å². The van der Waals surface area contributed by atoms with Crippen molar-refractivity contribution in [1.82, 2.24) is 9.55 Å². The van der Waals surface area contributed by atoms with E-state index in [-0.39, 0.29) is 11.4 Å². The Labute approximate surface area is 159 Å². The van der Waals surface area contributed by atoms with Crippen LogP contribution in [-0.4, -0.2) is 21.4 Å². The highest BCUT2D eigenvalue weighted by Gasteiger charge is 2.06. The lowest BCUT2D eigenvalue weighted by atomic mass is 10.4. The predicted molar refractivity (Wildman–Crippen MR) is 95.9 cm³/mol. The van der Waals surface area contributed by atoms with Gasteiger partial charge in [0.2, 0.25) is 11.8 Å². The number of aromatic nitrogens is 2. The van der Waals surface area contributed by atoms with Crippen molar-refractivity contribution in [2.45, 2.75) is 20.4 Å². The molecule has 0 aromatic carbocycles. The molecule has 2 amide bonds. The molecule has 2 aromatic rings. The van der Waals surface area contributed by atoms with E-state index in [0.717, 1.165) is 4.47 Å². The van der Waals surface area contributed by atoms with Crippen LogP contribution in [0.1, 0.15) is 20.4 Å². The van der Waals surface area contributed by atoms with Crippen molar-refractivity contribution in [1.29, 1.82) is 0 Å². The molecule has 0 bridgehead atoms. The van der Waals surface area contributed by atoms with E-state index in [1.807, 2.05) is 6.07 Å². The van der Waals surface area contributed by atoms with Gasteiger partial charge in [-0.25, -0.2) is 4.98 Å². The van der Waals surface area contributed by atoms with Gasteiger partial charge in [0, 0.05) is 35.2 Å². The molecule has 0 unspecified atom stereocenters. The van der Waals surface area contributed by atoms with E-state index in [1.165, 1.54) is 26.1 Å². The van der Waals surface area contributed by atoms with Crippen molar-refractivity contribution in [2.24, 2.45) is 4.99 Å². The first kappa shape index (κ1) is 21.1. The highest BCUT2D eigenvalue weighted by atomic mass is 79.9. The molecule has 0 aliphatic rings. The van der Waals surface area contributed by atoms with Crippen molar-refractivity contribution in [3.05, 3.63) is 51.1 Å². The first-order valence-electron chi connectivity index (χ1n) is 6.79. The molecule has 0 saturated carbocycles. The molecule has 0 aliphatic heterocycles. The second-order valence-electron chi connectivity index (χ2n) is 4.56. The summed E-state index contributed by atoms with van der Waals surface area (Å²) >= 11 is 6.29. The lowest BCUT2D eigenvalue weighted by molar-refractivity contribution is -0.116. The second kappa shape index (κ2) is 10.1. The number of carbonyl (C=O) groups is 2. The molecule has 134 valence electrons. The zero-order valence-electron chi connectivity index (χ0n) is 13.2. The summed E-state index contributed by atoms with van der Waals surface area (Å²) in [5.41, 5.74) is -0.0595. The number of amides is 2. The third-order valence-electron chi connectivity index (χ3n) is 2.43. The second-order valence-corrected chi connectivity index (χ2v) is 6.40. The van der Waals surface area contributed by atoms with Gasteiger partial charge in [-0.05, 0) is 56.1 Å². The minimum absolute atomic E-state index is 0.0595. The summed E-state index contributed by atoms with van der Waals surface area (Å²) in [6, 6.07) is 6.43. The van der Waals surface area contributed by atoms with Crippen molar-refractivity contribution in [3.8, 4) is 0 Å². The first-order chi connectivity index (χ1) is 11.7. The van der Waals surface area contributed by atoms with E-state index < -0.39 is 12.5 Å². The number of carbonyl (C=O) groups excluding carboxylic acids is 2. The van der Waals surface area contributed by atoms with Crippen LogP contribution in [0.4, 0.5) is 14.6 Å². The summed E-state index contributed by atoms with van der Waals surface area (Å²) in [6.07, 6.45) is 2.80.